The summed E-state index contributed by atoms with van der Waals surface area (Å²) in [5, 5.41) is 12.1. The highest BCUT2D eigenvalue weighted by Crippen LogP contribution is 2.27. The Balaban J connectivity index is 2.59. The van der Waals surface area contributed by atoms with Crippen molar-refractivity contribution in [2.24, 2.45) is 5.41 Å². The Bertz CT molecular complexity index is 467. The Morgan fingerprint density at radius 2 is 1.90 bits per heavy atom. The molecule has 0 spiro atoms. The molecule has 3 nitrogen and oxygen atoms in total. The van der Waals surface area contributed by atoms with E-state index in [4.69, 9.17) is 10.00 Å². The van der Waals surface area contributed by atoms with Crippen LogP contribution in [0.25, 0.3) is 0 Å². The summed E-state index contributed by atoms with van der Waals surface area (Å²) in [5.41, 5.74) is 1.55. The van der Waals surface area contributed by atoms with Crippen molar-refractivity contribution in [3.8, 4) is 11.8 Å². The fourth-order valence-corrected chi connectivity index (χ4v) is 2.59. The second-order valence-electron chi connectivity index (χ2n) is 7.07. The smallest absolute Gasteiger partial charge is 0.174 e. The summed E-state index contributed by atoms with van der Waals surface area (Å²) in [5.74, 6) is 0.750. The summed E-state index contributed by atoms with van der Waals surface area (Å²) in [4.78, 5) is 0. The van der Waals surface area contributed by atoms with Gasteiger partial charge in [-0.2, -0.15) is 5.26 Å². The van der Waals surface area contributed by atoms with Crippen LogP contribution < -0.4 is 10.1 Å². The highest BCUT2D eigenvalue weighted by atomic mass is 16.5. The number of benzene rings is 1. The number of nitrogens with one attached hydrogen (secondary N) is 1. The van der Waals surface area contributed by atoms with Gasteiger partial charge in [-0.3, -0.25) is 0 Å². The second kappa shape index (κ2) is 6.76. The van der Waals surface area contributed by atoms with Crippen molar-refractivity contribution in [2.45, 2.75) is 53.1 Å². The lowest BCUT2D eigenvalue weighted by Crippen LogP contribution is -2.41. The summed E-state index contributed by atoms with van der Waals surface area (Å²) in [7, 11) is 0. The number of ether oxygens (including phenoxy) is 1. The first-order valence-electron chi connectivity index (χ1n) is 7.06. The molecule has 0 aliphatic carbocycles. The maximum atomic E-state index is 8.53. The van der Waals surface area contributed by atoms with Gasteiger partial charge in [-0.15, -0.1) is 0 Å². The Morgan fingerprint density at radius 1 is 1.20 bits per heavy atom. The lowest BCUT2D eigenvalue weighted by molar-refractivity contribution is 0.240. The molecule has 20 heavy (non-hydrogen) atoms. The molecule has 0 heterocycles. The van der Waals surface area contributed by atoms with Crippen molar-refractivity contribution >= 4 is 0 Å². The molecule has 0 unspecified atom stereocenters. The minimum absolute atomic E-state index is 0.0851. The molecule has 3 heteroatoms. The number of nitrogens with zero attached hydrogens (tertiary/aromatic N) is 1. The van der Waals surface area contributed by atoms with Crippen LogP contribution in [0.2, 0.25) is 0 Å². The zero-order valence-electron chi connectivity index (χ0n) is 13.3. The maximum absolute atomic E-state index is 8.53. The van der Waals surface area contributed by atoms with Crippen molar-refractivity contribution in [2.75, 3.05) is 6.61 Å². The summed E-state index contributed by atoms with van der Waals surface area (Å²) >= 11 is 0. The summed E-state index contributed by atoms with van der Waals surface area (Å²) in [6, 6.07) is 9.87. The van der Waals surface area contributed by atoms with Gasteiger partial charge < -0.3 is 10.1 Å². The molecule has 0 radical (unpaired) electrons. The normalized spacial score (nSPS) is 12.0. The van der Waals surface area contributed by atoms with Gasteiger partial charge in [-0.05, 0) is 43.4 Å². The van der Waals surface area contributed by atoms with E-state index < -0.39 is 0 Å². The molecule has 110 valence electrons. The topological polar surface area (TPSA) is 45.0 Å². The minimum atomic E-state index is 0.0851. The van der Waals surface area contributed by atoms with Crippen molar-refractivity contribution in [1.29, 1.82) is 5.26 Å². The summed E-state index contributed by atoms with van der Waals surface area (Å²) in [6.45, 7) is 12.1. The SMILES string of the molecule is CC(C)(C)CC(C)(C)NCc1cccc(OCC#N)c1. The molecule has 1 N–H and O–H groups in total. The molecule has 0 aliphatic heterocycles. The van der Waals surface area contributed by atoms with Gasteiger partial charge >= 0.3 is 0 Å². The van der Waals surface area contributed by atoms with Crippen LogP contribution in [0.4, 0.5) is 0 Å². The molecule has 0 amide bonds. The predicted octanol–water partition coefficient (Wildman–Crippen LogP) is 3.89. The third-order valence-electron chi connectivity index (χ3n) is 2.95. The molecule has 0 aromatic heterocycles. The minimum Gasteiger partial charge on any atom is -0.479 e. The van der Waals surface area contributed by atoms with Gasteiger partial charge in [0.25, 0.3) is 0 Å². The lowest BCUT2D eigenvalue weighted by atomic mass is 9.82. The van der Waals surface area contributed by atoms with Gasteiger partial charge in [0.2, 0.25) is 0 Å². The van der Waals surface area contributed by atoms with Gasteiger partial charge in [0.1, 0.15) is 11.8 Å². The molecule has 0 fully saturated rings. The molecule has 1 rings (SSSR count). The van der Waals surface area contributed by atoms with Gasteiger partial charge in [0.05, 0.1) is 0 Å². The number of rotatable bonds is 6. The van der Waals surface area contributed by atoms with Gasteiger partial charge in [-0.1, -0.05) is 32.9 Å². The molecule has 0 aliphatic rings. The Labute approximate surface area is 123 Å². The fraction of sp³-hybridized carbons (Fsp3) is 0.588. The van der Waals surface area contributed by atoms with Crippen molar-refractivity contribution in [3.05, 3.63) is 29.8 Å². The van der Waals surface area contributed by atoms with E-state index in [1.165, 1.54) is 5.56 Å². The summed E-state index contributed by atoms with van der Waals surface area (Å²) in [6.07, 6.45) is 1.10. The highest BCUT2D eigenvalue weighted by molar-refractivity contribution is 5.28. The average molecular weight is 274 g/mol. The van der Waals surface area contributed by atoms with Gasteiger partial charge in [0, 0.05) is 12.1 Å². The fourth-order valence-electron chi connectivity index (χ4n) is 2.59. The Kier molecular flexibility index (Phi) is 5.59. The van der Waals surface area contributed by atoms with E-state index in [0.29, 0.717) is 5.41 Å². The number of nitriles is 1. The van der Waals surface area contributed by atoms with E-state index >= 15 is 0 Å². The van der Waals surface area contributed by atoms with Crippen molar-refractivity contribution < 1.29 is 4.74 Å². The molecule has 1 aromatic carbocycles. The predicted molar refractivity (Wildman–Crippen MR) is 82.5 cm³/mol. The van der Waals surface area contributed by atoms with Crippen LogP contribution in [0.5, 0.6) is 5.75 Å². The first kappa shape index (κ1) is 16.5. The average Bonchev–Trinajstić information content (AvgIpc) is 2.32. The van der Waals surface area contributed by atoms with Crippen LogP contribution in [0.15, 0.2) is 24.3 Å². The monoisotopic (exact) mass is 274 g/mol. The van der Waals surface area contributed by atoms with Crippen LogP contribution in [0.1, 0.15) is 46.6 Å². The molecule has 0 atom stereocenters. The van der Waals surface area contributed by atoms with Gasteiger partial charge in [0.15, 0.2) is 6.61 Å². The highest BCUT2D eigenvalue weighted by Gasteiger charge is 2.24. The molecular formula is C17H26N2O. The zero-order chi connectivity index (χ0) is 15.2. The van der Waals surface area contributed by atoms with Crippen molar-refractivity contribution in [1.82, 2.24) is 5.32 Å². The molecule has 0 saturated carbocycles. The van der Waals surface area contributed by atoms with Crippen LogP contribution in [-0.2, 0) is 6.54 Å². The van der Waals surface area contributed by atoms with E-state index in [2.05, 4.69) is 46.0 Å². The third kappa shape index (κ3) is 6.58. The summed E-state index contributed by atoms with van der Waals surface area (Å²) < 4.78 is 5.32. The molecule has 0 bridgehead atoms. The standard InChI is InChI=1S/C17H26N2O/c1-16(2,3)13-17(4,5)19-12-14-7-6-8-15(11-14)20-10-9-18/h6-8,11,19H,10,12-13H2,1-5H3. The van der Waals surface area contributed by atoms with E-state index in [1.54, 1.807) is 0 Å². The van der Waals surface area contributed by atoms with E-state index in [1.807, 2.05) is 24.3 Å². The number of hydrogen-bond donors (Lipinski definition) is 1. The molecular weight excluding hydrogens is 248 g/mol. The third-order valence-corrected chi connectivity index (χ3v) is 2.95. The largest absolute Gasteiger partial charge is 0.479 e. The zero-order valence-corrected chi connectivity index (χ0v) is 13.3. The second-order valence-corrected chi connectivity index (χ2v) is 7.07. The first-order chi connectivity index (χ1) is 9.22. The Morgan fingerprint density at radius 3 is 2.50 bits per heavy atom. The lowest BCUT2D eigenvalue weighted by Gasteiger charge is -2.33. The Hall–Kier alpha value is -1.53. The van der Waals surface area contributed by atoms with Crippen molar-refractivity contribution in [3.63, 3.8) is 0 Å². The van der Waals surface area contributed by atoms with E-state index in [-0.39, 0.29) is 12.1 Å². The van der Waals surface area contributed by atoms with Gasteiger partial charge in [-0.25, -0.2) is 0 Å². The molecule has 0 saturated heterocycles. The van der Waals surface area contributed by atoms with Crippen LogP contribution in [0, 0.1) is 16.7 Å². The quantitative estimate of drug-likeness (QED) is 0.856. The van der Waals surface area contributed by atoms with E-state index in [0.717, 1.165) is 18.7 Å². The first-order valence-corrected chi connectivity index (χ1v) is 7.06. The molecule has 1 aromatic rings. The van der Waals surface area contributed by atoms with Crippen LogP contribution >= 0.6 is 0 Å². The number of hydrogen-bond acceptors (Lipinski definition) is 3. The van der Waals surface area contributed by atoms with Crippen LogP contribution in [0.3, 0.4) is 0 Å². The maximum Gasteiger partial charge on any atom is 0.174 e. The van der Waals surface area contributed by atoms with E-state index in [9.17, 15) is 0 Å². The van der Waals surface area contributed by atoms with Crippen LogP contribution in [-0.4, -0.2) is 12.1 Å².